The Hall–Kier alpha value is -3.57. The number of anilines is 2. The summed E-state index contributed by atoms with van der Waals surface area (Å²) in [5.74, 6) is 0.488. The molecule has 5 rings (SSSR count). The summed E-state index contributed by atoms with van der Waals surface area (Å²) in [5.41, 5.74) is 0.407. The van der Waals surface area contributed by atoms with E-state index in [1.54, 1.807) is 12.1 Å². The maximum Gasteiger partial charge on any atom is 0.279 e. The number of nitrogens with zero attached hydrogens (tertiary/aromatic N) is 1. The molecule has 3 aromatic carbocycles. The van der Waals surface area contributed by atoms with E-state index in [9.17, 15) is 21.6 Å². The Balaban J connectivity index is 1.48. The van der Waals surface area contributed by atoms with Crippen LogP contribution in [0, 0.1) is 0 Å². The number of hydrogen-bond acceptors (Lipinski definition) is 7. The van der Waals surface area contributed by atoms with E-state index in [1.165, 1.54) is 54.6 Å². The molecule has 0 bridgehead atoms. The molecule has 0 fully saturated rings. The van der Waals surface area contributed by atoms with Crippen molar-refractivity contribution in [1.82, 2.24) is 0 Å². The lowest BCUT2D eigenvalue weighted by Gasteiger charge is -2.17. The van der Waals surface area contributed by atoms with Gasteiger partial charge in [0.05, 0.1) is 5.69 Å². The minimum absolute atomic E-state index is 0.0730. The Labute approximate surface area is 177 Å². The molecule has 2 aliphatic heterocycles. The molecule has 1 amide bonds. The maximum absolute atomic E-state index is 12.9. The summed E-state index contributed by atoms with van der Waals surface area (Å²) in [6.45, 7) is 0.0730. The van der Waals surface area contributed by atoms with Crippen LogP contribution in [0.1, 0.15) is 10.4 Å². The lowest BCUT2D eigenvalue weighted by molar-refractivity contribution is 0.102. The van der Waals surface area contributed by atoms with Crippen molar-refractivity contribution in [1.29, 1.82) is 0 Å². The van der Waals surface area contributed by atoms with Gasteiger partial charge in [0, 0.05) is 11.3 Å². The average Bonchev–Trinajstić information content (AvgIpc) is 3.27. The van der Waals surface area contributed by atoms with Gasteiger partial charge in [-0.15, -0.1) is 0 Å². The number of fused-ring (bicyclic) bond motifs is 2. The van der Waals surface area contributed by atoms with Crippen LogP contribution in [0.2, 0.25) is 0 Å². The summed E-state index contributed by atoms with van der Waals surface area (Å²) >= 11 is 0. The van der Waals surface area contributed by atoms with Gasteiger partial charge in [0.2, 0.25) is 6.79 Å². The number of ether oxygens (including phenoxy) is 2. The SMILES string of the molecule is O=C(Nc1cccc(N2S(=O)(=O)c3ccccc3S2(=O)=O)c1)c1ccc2c(c1)OCO2. The monoisotopic (exact) mass is 458 g/mol. The van der Waals surface area contributed by atoms with Crippen molar-refractivity contribution >= 4 is 37.3 Å². The van der Waals surface area contributed by atoms with E-state index in [-0.39, 0.29) is 28.0 Å². The highest BCUT2D eigenvalue weighted by molar-refractivity contribution is 8.12. The van der Waals surface area contributed by atoms with Gasteiger partial charge < -0.3 is 14.8 Å². The highest BCUT2D eigenvalue weighted by Crippen LogP contribution is 2.40. The van der Waals surface area contributed by atoms with Crippen molar-refractivity contribution < 1.29 is 31.1 Å². The summed E-state index contributed by atoms with van der Waals surface area (Å²) in [5, 5.41) is 2.64. The molecule has 0 radical (unpaired) electrons. The van der Waals surface area contributed by atoms with Crippen molar-refractivity contribution in [2.45, 2.75) is 9.79 Å². The van der Waals surface area contributed by atoms with E-state index >= 15 is 0 Å². The lowest BCUT2D eigenvalue weighted by Crippen LogP contribution is -2.30. The molecule has 31 heavy (non-hydrogen) atoms. The van der Waals surface area contributed by atoms with Crippen LogP contribution in [0.3, 0.4) is 0 Å². The largest absolute Gasteiger partial charge is 0.454 e. The molecule has 0 aliphatic carbocycles. The zero-order chi connectivity index (χ0) is 21.8. The van der Waals surface area contributed by atoms with E-state index in [0.29, 0.717) is 20.8 Å². The maximum atomic E-state index is 12.9. The molecule has 2 aliphatic rings. The van der Waals surface area contributed by atoms with Crippen LogP contribution in [-0.4, -0.2) is 29.5 Å². The Bertz CT molecular complexity index is 1400. The number of carbonyl (C=O) groups excluding carboxylic acids is 1. The van der Waals surface area contributed by atoms with Crippen molar-refractivity contribution in [3.8, 4) is 11.5 Å². The van der Waals surface area contributed by atoms with Crippen LogP contribution >= 0.6 is 0 Å². The minimum atomic E-state index is -4.31. The first kappa shape index (κ1) is 19.4. The number of carbonyl (C=O) groups is 1. The molecular formula is C20H14N2O7S2. The van der Waals surface area contributed by atoms with Gasteiger partial charge in [-0.05, 0) is 48.5 Å². The van der Waals surface area contributed by atoms with Gasteiger partial charge in [0.25, 0.3) is 26.0 Å². The Kier molecular flexibility index (Phi) is 4.21. The quantitative estimate of drug-likeness (QED) is 0.641. The second-order valence-corrected chi connectivity index (χ2v) is 10.5. The van der Waals surface area contributed by atoms with Crippen LogP contribution in [0.5, 0.6) is 11.5 Å². The van der Waals surface area contributed by atoms with E-state index in [4.69, 9.17) is 9.47 Å². The summed E-state index contributed by atoms with van der Waals surface area (Å²) in [4.78, 5) is 12.0. The van der Waals surface area contributed by atoms with E-state index in [0.717, 1.165) is 0 Å². The van der Waals surface area contributed by atoms with Crippen molar-refractivity contribution in [2.75, 3.05) is 15.8 Å². The number of hydrogen-bond donors (Lipinski definition) is 1. The van der Waals surface area contributed by atoms with Gasteiger partial charge in [-0.2, -0.15) is 20.5 Å². The fourth-order valence-electron chi connectivity index (χ4n) is 3.40. The molecule has 0 atom stereocenters. The van der Waals surface area contributed by atoms with Crippen LogP contribution in [0.4, 0.5) is 11.4 Å². The third-order valence-electron chi connectivity index (χ3n) is 4.79. The standard InChI is InChI=1S/C20H14N2O7S2/c23-20(13-8-9-16-17(10-13)29-12-28-16)21-14-4-3-5-15(11-14)22-30(24,25)18-6-1-2-7-19(18)31(22,26)27/h1-11H,12H2,(H,21,23). The fraction of sp³-hybridized carbons (Fsp3) is 0.0500. The molecule has 11 heteroatoms. The molecule has 0 saturated heterocycles. The van der Waals surface area contributed by atoms with E-state index in [1.807, 2.05) is 0 Å². The second kappa shape index (κ2) is 6.72. The molecular weight excluding hydrogens is 444 g/mol. The molecule has 0 spiro atoms. The molecule has 9 nitrogen and oxygen atoms in total. The summed E-state index contributed by atoms with van der Waals surface area (Å²) in [6.07, 6.45) is 0. The molecule has 0 unspecified atom stereocenters. The first-order valence-corrected chi connectivity index (χ1v) is 11.9. The van der Waals surface area contributed by atoms with Crippen LogP contribution in [0.15, 0.2) is 76.5 Å². The van der Waals surface area contributed by atoms with Crippen molar-refractivity contribution in [3.63, 3.8) is 0 Å². The average molecular weight is 458 g/mol. The third-order valence-corrected chi connectivity index (χ3v) is 9.22. The number of rotatable bonds is 3. The molecule has 158 valence electrons. The fourth-order valence-corrected chi connectivity index (χ4v) is 7.83. The number of nitrogens with one attached hydrogen (secondary N) is 1. The second-order valence-electron chi connectivity index (χ2n) is 6.73. The predicted molar refractivity (Wildman–Crippen MR) is 110 cm³/mol. The van der Waals surface area contributed by atoms with Gasteiger partial charge in [0.1, 0.15) is 9.79 Å². The topological polar surface area (TPSA) is 119 Å². The van der Waals surface area contributed by atoms with Crippen LogP contribution < -0.4 is 18.5 Å². The van der Waals surface area contributed by atoms with Gasteiger partial charge >= 0.3 is 0 Å². The Morgan fingerprint density at radius 2 is 1.48 bits per heavy atom. The minimum Gasteiger partial charge on any atom is -0.454 e. The van der Waals surface area contributed by atoms with E-state index < -0.39 is 26.0 Å². The first-order valence-electron chi connectivity index (χ1n) is 8.99. The summed E-state index contributed by atoms with van der Waals surface area (Å²) in [7, 11) is -8.62. The van der Waals surface area contributed by atoms with Gasteiger partial charge in [-0.25, -0.2) is 0 Å². The third kappa shape index (κ3) is 3.01. The Morgan fingerprint density at radius 3 is 2.19 bits per heavy atom. The molecule has 0 aromatic heterocycles. The van der Waals surface area contributed by atoms with Crippen LogP contribution in [0.25, 0.3) is 0 Å². The highest BCUT2D eigenvalue weighted by Gasteiger charge is 2.47. The zero-order valence-electron chi connectivity index (χ0n) is 15.7. The Morgan fingerprint density at radius 1 is 0.806 bits per heavy atom. The lowest BCUT2D eigenvalue weighted by atomic mass is 10.2. The number of amides is 1. The zero-order valence-corrected chi connectivity index (χ0v) is 17.3. The predicted octanol–water partition coefficient (Wildman–Crippen LogP) is 2.57. The summed E-state index contributed by atoms with van der Waals surface area (Å²) in [6, 6.07) is 15.7. The smallest absolute Gasteiger partial charge is 0.279 e. The number of sulfonamides is 2. The summed E-state index contributed by atoms with van der Waals surface area (Å²) < 4.78 is 62.4. The number of benzene rings is 3. The normalized spacial score (nSPS) is 17.2. The highest BCUT2D eigenvalue weighted by atomic mass is 32.3. The molecule has 1 N–H and O–H groups in total. The molecule has 0 saturated carbocycles. The van der Waals surface area contributed by atoms with Crippen molar-refractivity contribution in [3.05, 3.63) is 72.3 Å². The van der Waals surface area contributed by atoms with Crippen molar-refractivity contribution in [2.24, 2.45) is 0 Å². The first-order chi connectivity index (χ1) is 14.8. The van der Waals surface area contributed by atoms with E-state index in [2.05, 4.69) is 5.32 Å². The van der Waals surface area contributed by atoms with Gasteiger partial charge in [0.15, 0.2) is 11.5 Å². The molecule has 2 heterocycles. The van der Waals surface area contributed by atoms with Gasteiger partial charge in [-0.3, -0.25) is 4.79 Å². The van der Waals surface area contributed by atoms with Gasteiger partial charge in [-0.1, -0.05) is 18.2 Å². The van der Waals surface area contributed by atoms with Crippen LogP contribution in [-0.2, 0) is 20.0 Å². The molecule has 3 aromatic rings.